The van der Waals surface area contributed by atoms with Crippen LogP contribution >= 0.6 is 27.7 Å². The highest BCUT2D eigenvalue weighted by Crippen LogP contribution is 2.19. The average molecular weight is 348 g/mol. The van der Waals surface area contributed by atoms with Gasteiger partial charge >= 0.3 is 0 Å². The molecule has 19 heavy (non-hydrogen) atoms. The topological polar surface area (TPSA) is 46.9 Å². The van der Waals surface area contributed by atoms with Crippen molar-refractivity contribution in [3.05, 3.63) is 21.0 Å². The zero-order valence-electron chi connectivity index (χ0n) is 11.9. The highest BCUT2D eigenvalue weighted by molar-refractivity contribution is 9.10. The number of nitrogens with zero attached hydrogens (tertiary/aromatic N) is 2. The number of aromatic nitrogens is 2. The summed E-state index contributed by atoms with van der Waals surface area (Å²) >= 11 is 5.30. The molecule has 4 nitrogen and oxygen atoms in total. The van der Waals surface area contributed by atoms with Gasteiger partial charge in [-0.05, 0) is 54.6 Å². The van der Waals surface area contributed by atoms with E-state index in [2.05, 4.69) is 40.2 Å². The van der Waals surface area contributed by atoms with Crippen LogP contribution in [0.3, 0.4) is 0 Å². The monoisotopic (exact) mass is 347 g/mol. The number of rotatable bonds is 7. The molecule has 0 aromatic carbocycles. The molecular weight excluding hydrogens is 326 g/mol. The van der Waals surface area contributed by atoms with Crippen molar-refractivity contribution >= 4 is 33.4 Å². The van der Waals surface area contributed by atoms with Crippen LogP contribution in [0, 0.1) is 0 Å². The fourth-order valence-electron chi connectivity index (χ4n) is 1.66. The third-order valence-corrected chi connectivity index (χ3v) is 4.43. The van der Waals surface area contributed by atoms with Gasteiger partial charge in [0, 0.05) is 6.04 Å². The van der Waals surface area contributed by atoms with Crippen LogP contribution in [0.15, 0.2) is 15.5 Å². The molecule has 0 radical (unpaired) electrons. The number of hydrogen-bond donors (Lipinski definition) is 1. The van der Waals surface area contributed by atoms with E-state index in [1.807, 2.05) is 25.6 Å². The van der Waals surface area contributed by atoms with Crippen molar-refractivity contribution in [3.8, 4) is 0 Å². The van der Waals surface area contributed by atoms with E-state index in [4.69, 9.17) is 0 Å². The predicted molar refractivity (Wildman–Crippen MR) is 87.3 cm³/mol. The Bertz CT molecular complexity index is 462. The summed E-state index contributed by atoms with van der Waals surface area (Å²) in [5, 5.41) is 7.53. The van der Waals surface area contributed by atoms with Gasteiger partial charge in [0.05, 0.1) is 17.9 Å². The zero-order chi connectivity index (χ0) is 14.4. The molecule has 6 heteroatoms. The Morgan fingerprint density at radius 3 is 2.74 bits per heavy atom. The first-order chi connectivity index (χ1) is 8.97. The molecule has 0 amide bonds. The Morgan fingerprint density at radius 2 is 2.16 bits per heavy atom. The van der Waals surface area contributed by atoms with Gasteiger partial charge in [-0.3, -0.25) is 4.79 Å². The molecule has 1 aromatic heterocycles. The molecule has 1 unspecified atom stereocenters. The maximum Gasteiger partial charge on any atom is 0.283 e. The van der Waals surface area contributed by atoms with E-state index in [0.29, 0.717) is 10.5 Å². The maximum atomic E-state index is 12.1. The van der Waals surface area contributed by atoms with Crippen molar-refractivity contribution in [2.24, 2.45) is 0 Å². The lowest BCUT2D eigenvalue weighted by Crippen LogP contribution is -2.27. The third-order valence-electron chi connectivity index (χ3n) is 2.73. The van der Waals surface area contributed by atoms with Crippen LogP contribution in [0.5, 0.6) is 0 Å². The van der Waals surface area contributed by atoms with E-state index < -0.39 is 0 Å². The molecule has 0 saturated carbocycles. The Kier molecular flexibility index (Phi) is 6.93. The summed E-state index contributed by atoms with van der Waals surface area (Å²) in [6.45, 7) is 8.17. The first-order valence-corrected chi connectivity index (χ1v) is 8.53. The van der Waals surface area contributed by atoms with Crippen LogP contribution in [0.25, 0.3) is 0 Å². The van der Waals surface area contributed by atoms with E-state index in [1.165, 1.54) is 4.68 Å². The van der Waals surface area contributed by atoms with Gasteiger partial charge in [-0.15, -0.1) is 0 Å². The van der Waals surface area contributed by atoms with Gasteiger partial charge in [-0.2, -0.15) is 16.9 Å². The number of nitrogens with one attached hydrogen (secondary N) is 1. The van der Waals surface area contributed by atoms with Gasteiger partial charge < -0.3 is 5.32 Å². The third kappa shape index (κ3) is 4.84. The number of thioether (sulfide) groups is 1. The Labute approximate surface area is 127 Å². The van der Waals surface area contributed by atoms with Crippen LogP contribution in [0.4, 0.5) is 5.69 Å². The summed E-state index contributed by atoms with van der Waals surface area (Å²) < 4.78 is 2.04. The van der Waals surface area contributed by atoms with Crippen molar-refractivity contribution in [1.29, 1.82) is 0 Å². The van der Waals surface area contributed by atoms with Gasteiger partial charge in [-0.1, -0.05) is 6.92 Å². The summed E-state index contributed by atoms with van der Waals surface area (Å²) in [5.41, 5.74) is 0.686. The predicted octanol–water partition coefficient (Wildman–Crippen LogP) is 3.53. The number of anilines is 1. The molecule has 1 rings (SSSR count). The summed E-state index contributed by atoms with van der Waals surface area (Å²) in [4.78, 5) is 12.1. The van der Waals surface area contributed by atoms with Crippen molar-refractivity contribution in [2.75, 3.05) is 16.8 Å². The molecule has 1 atom stereocenters. The fourth-order valence-corrected chi connectivity index (χ4v) is 2.86. The SMILES string of the molecule is CCSCCC(C)Nc1cnn(C(C)C)c(=O)c1Br. The van der Waals surface area contributed by atoms with Crippen LogP contribution in [-0.4, -0.2) is 27.3 Å². The lowest BCUT2D eigenvalue weighted by molar-refractivity contribution is 0.500. The first kappa shape index (κ1) is 16.6. The molecule has 0 aliphatic rings. The summed E-state index contributed by atoms with van der Waals surface area (Å²) in [6.07, 6.45) is 2.78. The van der Waals surface area contributed by atoms with E-state index in [9.17, 15) is 4.79 Å². The molecule has 1 N–H and O–H groups in total. The minimum Gasteiger partial charge on any atom is -0.380 e. The maximum absolute atomic E-state index is 12.1. The molecule has 0 fully saturated rings. The van der Waals surface area contributed by atoms with E-state index in [0.717, 1.165) is 23.6 Å². The standard InChI is InChI=1S/C13H22BrN3OS/c1-5-19-7-6-10(4)16-11-8-15-17(9(2)3)13(18)12(11)14/h8-10,16H,5-7H2,1-4H3. The normalized spacial score (nSPS) is 12.7. The van der Waals surface area contributed by atoms with E-state index in [1.54, 1.807) is 6.20 Å². The molecule has 1 heterocycles. The zero-order valence-corrected chi connectivity index (χ0v) is 14.3. The number of halogens is 1. The molecule has 0 saturated heterocycles. The number of hydrogen-bond acceptors (Lipinski definition) is 4. The van der Waals surface area contributed by atoms with Crippen molar-refractivity contribution in [1.82, 2.24) is 9.78 Å². The van der Waals surface area contributed by atoms with Gasteiger partial charge in [-0.25, -0.2) is 4.68 Å². The second-order valence-corrected chi connectivity index (χ2v) is 6.93. The lowest BCUT2D eigenvalue weighted by Gasteiger charge is -2.17. The van der Waals surface area contributed by atoms with Crippen LogP contribution in [0.2, 0.25) is 0 Å². The van der Waals surface area contributed by atoms with E-state index >= 15 is 0 Å². The van der Waals surface area contributed by atoms with Crippen molar-refractivity contribution < 1.29 is 0 Å². The molecule has 1 aromatic rings. The van der Waals surface area contributed by atoms with Gasteiger partial charge in [0.1, 0.15) is 4.47 Å². The highest BCUT2D eigenvalue weighted by Gasteiger charge is 2.12. The molecule has 0 spiro atoms. The lowest BCUT2D eigenvalue weighted by atomic mass is 10.2. The average Bonchev–Trinajstić information content (AvgIpc) is 2.35. The van der Waals surface area contributed by atoms with Crippen LogP contribution in [0.1, 0.15) is 40.2 Å². The second kappa shape index (κ2) is 7.94. The largest absolute Gasteiger partial charge is 0.380 e. The van der Waals surface area contributed by atoms with Gasteiger partial charge in [0.15, 0.2) is 0 Å². The first-order valence-electron chi connectivity index (χ1n) is 6.59. The quantitative estimate of drug-likeness (QED) is 0.766. The van der Waals surface area contributed by atoms with Gasteiger partial charge in [0.2, 0.25) is 0 Å². The van der Waals surface area contributed by atoms with Crippen molar-refractivity contribution in [2.45, 2.75) is 46.2 Å². The highest BCUT2D eigenvalue weighted by atomic mass is 79.9. The summed E-state index contributed by atoms with van der Waals surface area (Å²) in [7, 11) is 0. The molecule has 0 bridgehead atoms. The molecule has 0 aliphatic heterocycles. The smallest absolute Gasteiger partial charge is 0.283 e. The Hall–Kier alpha value is -0.490. The minimum atomic E-state index is -0.0878. The Balaban J connectivity index is 2.75. The van der Waals surface area contributed by atoms with Crippen LogP contribution < -0.4 is 10.9 Å². The molecular formula is C13H22BrN3OS. The second-order valence-electron chi connectivity index (χ2n) is 4.75. The molecule has 0 aliphatic carbocycles. The van der Waals surface area contributed by atoms with Crippen molar-refractivity contribution in [3.63, 3.8) is 0 Å². The van der Waals surface area contributed by atoms with Crippen LogP contribution in [-0.2, 0) is 0 Å². The fraction of sp³-hybridized carbons (Fsp3) is 0.692. The summed E-state index contributed by atoms with van der Waals surface area (Å²) in [5.74, 6) is 2.27. The summed E-state index contributed by atoms with van der Waals surface area (Å²) in [6, 6.07) is 0.391. The minimum absolute atomic E-state index is 0.0660. The van der Waals surface area contributed by atoms with E-state index in [-0.39, 0.29) is 11.6 Å². The Morgan fingerprint density at radius 1 is 1.47 bits per heavy atom. The van der Waals surface area contributed by atoms with Gasteiger partial charge in [0.25, 0.3) is 5.56 Å². The molecule has 108 valence electrons.